The van der Waals surface area contributed by atoms with Crippen LogP contribution in [0.3, 0.4) is 0 Å². The van der Waals surface area contributed by atoms with E-state index in [-0.39, 0.29) is 30.6 Å². The first-order valence-electron chi connectivity index (χ1n) is 7.29. The third-order valence-electron chi connectivity index (χ3n) is 3.80. The van der Waals surface area contributed by atoms with E-state index in [1.165, 1.54) is 0 Å². The molecular weight excluding hydrogens is 254 g/mol. The van der Waals surface area contributed by atoms with Gasteiger partial charge in [0.2, 0.25) is 5.91 Å². The molecule has 2 rings (SSSR count). The van der Waals surface area contributed by atoms with Crippen LogP contribution < -0.4 is 5.32 Å². The zero-order valence-corrected chi connectivity index (χ0v) is 11.9. The molecule has 0 saturated carbocycles. The lowest BCUT2D eigenvalue weighted by Gasteiger charge is -2.18. The highest BCUT2D eigenvalue weighted by molar-refractivity contribution is 5.81. The van der Waals surface area contributed by atoms with Gasteiger partial charge in [-0.15, -0.1) is 0 Å². The quantitative estimate of drug-likeness (QED) is 0.834. The summed E-state index contributed by atoms with van der Waals surface area (Å²) >= 11 is 0. The van der Waals surface area contributed by atoms with Crippen molar-refractivity contribution < 1.29 is 14.6 Å². The Kier molecular flexibility index (Phi) is 5.56. The minimum atomic E-state index is -0.310. The van der Waals surface area contributed by atoms with Crippen molar-refractivity contribution in [1.29, 1.82) is 0 Å². The molecule has 1 saturated heterocycles. The molecule has 110 valence electrons. The van der Waals surface area contributed by atoms with Crippen molar-refractivity contribution in [3.63, 3.8) is 0 Å². The molecule has 1 amide bonds. The molecular formula is C16H23NO3. The number of ether oxygens (including phenoxy) is 1. The maximum Gasteiger partial charge on any atom is 0.249 e. The minimum absolute atomic E-state index is 0.0341. The number of amides is 1. The van der Waals surface area contributed by atoms with Gasteiger partial charge in [0.1, 0.15) is 6.10 Å². The Balaban J connectivity index is 1.87. The highest BCUT2D eigenvalue weighted by atomic mass is 16.5. The SMILES string of the molecule is CC1CCC(C(=O)NCC(CCO)c2ccccc2)O1. The Labute approximate surface area is 120 Å². The maximum atomic E-state index is 12.0. The van der Waals surface area contributed by atoms with Gasteiger partial charge in [0.15, 0.2) is 0 Å². The Morgan fingerprint density at radius 1 is 1.40 bits per heavy atom. The fraction of sp³-hybridized carbons (Fsp3) is 0.562. The highest BCUT2D eigenvalue weighted by Gasteiger charge is 2.28. The molecule has 4 heteroatoms. The summed E-state index contributed by atoms with van der Waals surface area (Å²) in [6, 6.07) is 9.97. The summed E-state index contributed by atoms with van der Waals surface area (Å²) in [5.41, 5.74) is 1.14. The number of aliphatic hydroxyl groups is 1. The van der Waals surface area contributed by atoms with E-state index in [4.69, 9.17) is 4.74 Å². The smallest absolute Gasteiger partial charge is 0.249 e. The first-order valence-corrected chi connectivity index (χ1v) is 7.29. The third-order valence-corrected chi connectivity index (χ3v) is 3.80. The predicted molar refractivity (Wildman–Crippen MR) is 77.5 cm³/mol. The molecule has 0 aliphatic carbocycles. The van der Waals surface area contributed by atoms with E-state index in [1.807, 2.05) is 37.3 Å². The zero-order valence-electron chi connectivity index (χ0n) is 11.9. The Bertz CT molecular complexity index is 421. The van der Waals surface area contributed by atoms with E-state index < -0.39 is 0 Å². The van der Waals surface area contributed by atoms with E-state index in [0.29, 0.717) is 13.0 Å². The Morgan fingerprint density at radius 2 is 2.15 bits per heavy atom. The summed E-state index contributed by atoms with van der Waals surface area (Å²) in [5, 5.41) is 12.1. The van der Waals surface area contributed by atoms with Crippen molar-refractivity contribution >= 4 is 5.91 Å². The van der Waals surface area contributed by atoms with Crippen LogP contribution in [-0.2, 0) is 9.53 Å². The van der Waals surface area contributed by atoms with Crippen molar-refractivity contribution in [2.45, 2.75) is 44.3 Å². The van der Waals surface area contributed by atoms with Gasteiger partial charge in [-0.3, -0.25) is 4.79 Å². The molecule has 1 aromatic carbocycles. The average molecular weight is 277 g/mol. The van der Waals surface area contributed by atoms with Gasteiger partial charge in [-0.05, 0) is 31.7 Å². The molecule has 3 atom stereocenters. The summed E-state index contributed by atoms with van der Waals surface area (Å²) in [6.45, 7) is 2.65. The molecule has 20 heavy (non-hydrogen) atoms. The van der Waals surface area contributed by atoms with Crippen molar-refractivity contribution in [2.24, 2.45) is 0 Å². The van der Waals surface area contributed by atoms with E-state index in [0.717, 1.165) is 18.4 Å². The lowest BCUT2D eigenvalue weighted by Crippen LogP contribution is -2.37. The van der Waals surface area contributed by atoms with Crippen LogP contribution in [0.1, 0.15) is 37.7 Å². The van der Waals surface area contributed by atoms with Crippen LogP contribution in [0, 0.1) is 0 Å². The molecule has 1 fully saturated rings. The number of carbonyl (C=O) groups is 1. The van der Waals surface area contributed by atoms with Gasteiger partial charge in [0, 0.05) is 19.1 Å². The van der Waals surface area contributed by atoms with Gasteiger partial charge in [0.05, 0.1) is 6.10 Å². The second-order valence-corrected chi connectivity index (χ2v) is 5.38. The maximum absolute atomic E-state index is 12.0. The molecule has 1 heterocycles. The van der Waals surface area contributed by atoms with Crippen LogP contribution in [0.2, 0.25) is 0 Å². The molecule has 0 bridgehead atoms. The normalized spacial score (nSPS) is 23.5. The number of carbonyl (C=O) groups excluding carboxylic acids is 1. The van der Waals surface area contributed by atoms with Gasteiger partial charge in [-0.1, -0.05) is 30.3 Å². The van der Waals surface area contributed by atoms with E-state index >= 15 is 0 Å². The number of rotatable bonds is 6. The standard InChI is InChI=1S/C16H23NO3/c1-12-7-8-15(20-12)16(19)17-11-14(9-10-18)13-5-3-2-4-6-13/h2-6,12,14-15,18H,7-11H2,1H3,(H,17,19). The van der Waals surface area contributed by atoms with Crippen LogP contribution in [0.4, 0.5) is 0 Å². The molecule has 2 N–H and O–H groups in total. The highest BCUT2D eigenvalue weighted by Crippen LogP contribution is 2.21. The molecule has 4 nitrogen and oxygen atoms in total. The van der Waals surface area contributed by atoms with E-state index in [2.05, 4.69) is 5.32 Å². The van der Waals surface area contributed by atoms with Crippen LogP contribution in [0.15, 0.2) is 30.3 Å². The van der Waals surface area contributed by atoms with Crippen LogP contribution in [-0.4, -0.2) is 36.4 Å². The summed E-state index contributed by atoms with van der Waals surface area (Å²) in [4.78, 5) is 12.0. The van der Waals surface area contributed by atoms with E-state index in [9.17, 15) is 9.90 Å². The van der Waals surface area contributed by atoms with Crippen LogP contribution in [0.5, 0.6) is 0 Å². The Hall–Kier alpha value is -1.39. The van der Waals surface area contributed by atoms with Crippen molar-refractivity contribution in [3.8, 4) is 0 Å². The first-order chi connectivity index (χ1) is 9.70. The molecule has 0 radical (unpaired) electrons. The topological polar surface area (TPSA) is 58.6 Å². The number of aliphatic hydroxyl groups excluding tert-OH is 1. The second-order valence-electron chi connectivity index (χ2n) is 5.38. The van der Waals surface area contributed by atoms with E-state index in [1.54, 1.807) is 0 Å². The fourth-order valence-electron chi connectivity index (χ4n) is 2.60. The second kappa shape index (κ2) is 7.41. The van der Waals surface area contributed by atoms with Gasteiger partial charge >= 0.3 is 0 Å². The van der Waals surface area contributed by atoms with Crippen LogP contribution in [0.25, 0.3) is 0 Å². The zero-order chi connectivity index (χ0) is 14.4. The number of nitrogens with one attached hydrogen (secondary N) is 1. The molecule has 3 unspecified atom stereocenters. The molecule has 1 aromatic rings. The number of hydrogen-bond donors (Lipinski definition) is 2. The first kappa shape index (κ1) is 15.0. The summed E-state index contributed by atoms with van der Waals surface area (Å²) < 4.78 is 5.56. The molecule has 0 spiro atoms. The predicted octanol–water partition coefficient (Wildman–Crippen LogP) is 1.84. The summed E-state index contributed by atoms with van der Waals surface area (Å²) in [6.07, 6.45) is 2.25. The van der Waals surface area contributed by atoms with Gasteiger partial charge in [-0.2, -0.15) is 0 Å². The lowest BCUT2D eigenvalue weighted by molar-refractivity contribution is -0.131. The van der Waals surface area contributed by atoms with Gasteiger partial charge < -0.3 is 15.2 Å². The van der Waals surface area contributed by atoms with Gasteiger partial charge in [-0.25, -0.2) is 0 Å². The lowest BCUT2D eigenvalue weighted by atomic mass is 9.96. The summed E-state index contributed by atoms with van der Waals surface area (Å²) in [7, 11) is 0. The number of benzene rings is 1. The largest absolute Gasteiger partial charge is 0.396 e. The van der Waals surface area contributed by atoms with Gasteiger partial charge in [0.25, 0.3) is 0 Å². The third kappa shape index (κ3) is 4.05. The molecule has 1 aliphatic rings. The molecule has 0 aromatic heterocycles. The van der Waals surface area contributed by atoms with Crippen molar-refractivity contribution in [2.75, 3.05) is 13.2 Å². The monoisotopic (exact) mass is 277 g/mol. The molecule has 1 aliphatic heterocycles. The van der Waals surface area contributed by atoms with Crippen LogP contribution >= 0.6 is 0 Å². The van der Waals surface area contributed by atoms with Crippen molar-refractivity contribution in [3.05, 3.63) is 35.9 Å². The minimum Gasteiger partial charge on any atom is -0.396 e. The average Bonchev–Trinajstić information content (AvgIpc) is 2.91. The van der Waals surface area contributed by atoms with Crippen molar-refractivity contribution in [1.82, 2.24) is 5.32 Å². The Morgan fingerprint density at radius 3 is 2.75 bits per heavy atom. The summed E-state index contributed by atoms with van der Waals surface area (Å²) in [5.74, 6) is 0.109. The number of hydrogen-bond acceptors (Lipinski definition) is 3. The fourth-order valence-corrected chi connectivity index (χ4v) is 2.60.